The highest BCUT2D eigenvalue weighted by Gasteiger charge is 2.66. The molecule has 5 rings (SSSR count). The van der Waals surface area contributed by atoms with Crippen LogP contribution in [0.5, 0.6) is 0 Å². The van der Waals surface area contributed by atoms with E-state index in [0.717, 1.165) is 51.4 Å². The lowest BCUT2D eigenvalue weighted by atomic mass is 9.43. The first-order valence-electron chi connectivity index (χ1n) is 13.4. The first-order valence-corrected chi connectivity index (χ1v) is 13.4. The molecule has 2 N–H and O–H groups in total. The molecule has 1 aliphatic heterocycles. The maximum Gasteiger partial charge on any atom is 0.305 e. The summed E-state index contributed by atoms with van der Waals surface area (Å²) in [5, 5.41) is 23.2. The van der Waals surface area contributed by atoms with Gasteiger partial charge in [0, 0.05) is 19.3 Å². The van der Waals surface area contributed by atoms with E-state index in [4.69, 9.17) is 14.2 Å². The molecule has 1 heterocycles. The molecule has 188 valence electrons. The molecule has 0 radical (unpaired) electrons. The Bertz CT molecular complexity index is 749. The van der Waals surface area contributed by atoms with Crippen LogP contribution in [0.4, 0.5) is 0 Å². The second-order valence-electron chi connectivity index (χ2n) is 12.5. The number of rotatable bonds is 4. The van der Waals surface area contributed by atoms with Gasteiger partial charge in [-0.1, -0.05) is 20.8 Å². The van der Waals surface area contributed by atoms with E-state index in [1.807, 2.05) is 0 Å². The molecular formula is C27H44O6. The van der Waals surface area contributed by atoms with Crippen LogP contribution in [-0.4, -0.2) is 54.5 Å². The standard InChI is InChI=1S/C27H44O6/c1-16(5-8-23(30)31-4)18-6-7-19-24-20(14-22(29)26(18,19)3)25(2)9-10-27(32-11-12-33-27)15-17(25)13-21(24)28/h16-22,24,28-29H,5-15H2,1-4H3. The molecule has 5 fully saturated rings. The minimum atomic E-state index is -0.438. The number of fused-ring (bicyclic) bond motifs is 5. The number of hydrogen-bond acceptors (Lipinski definition) is 6. The van der Waals surface area contributed by atoms with E-state index in [-0.39, 0.29) is 34.9 Å². The van der Waals surface area contributed by atoms with Crippen molar-refractivity contribution in [3.63, 3.8) is 0 Å². The summed E-state index contributed by atoms with van der Waals surface area (Å²) in [4.78, 5) is 11.7. The van der Waals surface area contributed by atoms with E-state index in [9.17, 15) is 15.0 Å². The van der Waals surface area contributed by atoms with Crippen molar-refractivity contribution in [1.82, 2.24) is 0 Å². The average Bonchev–Trinajstić information content (AvgIpc) is 3.39. The van der Waals surface area contributed by atoms with E-state index >= 15 is 0 Å². The van der Waals surface area contributed by atoms with Gasteiger partial charge in [-0.2, -0.15) is 0 Å². The zero-order valence-electron chi connectivity index (χ0n) is 20.9. The van der Waals surface area contributed by atoms with E-state index in [0.29, 0.717) is 49.2 Å². The Labute approximate surface area is 198 Å². The third kappa shape index (κ3) is 3.61. The fraction of sp³-hybridized carbons (Fsp3) is 0.963. The van der Waals surface area contributed by atoms with Crippen molar-refractivity contribution >= 4 is 5.97 Å². The van der Waals surface area contributed by atoms with Gasteiger partial charge in [-0.15, -0.1) is 0 Å². The van der Waals surface area contributed by atoms with Gasteiger partial charge < -0.3 is 24.4 Å². The summed E-state index contributed by atoms with van der Waals surface area (Å²) in [7, 11) is 1.45. The van der Waals surface area contributed by atoms with Crippen molar-refractivity contribution < 1.29 is 29.2 Å². The van der Waals surface area contributed by atoms with Crippen LogP contribution in [0.2, 0.25) is 0 Å². The maximum absolute atomic E-state index is 11.7. The first-order chi connectivity index (χ1) is 15.6. The number of aliphatic hydroxyl groups excluding tert-OH is 2. The average molecular weight is 465 g/mol. The third-order valence-electron chi connectivity index (χ3n) is 11.4. The predicted octanol–water partition coefficient (Wildman–Crippen LogP) is 3.92. The molecule has 6 nitrogen and oxygen atoms in total. The topological polar surface area (TPSA) is 85.2 Å². The molecule has 0 aromatic carbocycles. The number of esters is 1. The van der Waals surface area contributed by atoms with Crippen LogP contribution < -0.4 is 0 Å². The molecule has 33 heavy (non-hydrogen) atoms. The zero-order chi connectivity index (χ0) is 23.6. The van der Waals surface area contributed by atoms with Gasteiger partial charge in [0.25, 0.3) is 0 Å². The van der Waals surface area contributed by atoms with E-state index in [2.05, 4.69) is 20.8 Å². The highest BCUT2D eigenvalue weighted by atomic mass is 16.7. The second kappa shape index (κ2) is 8.46. The quantitative estimate of drug-likeness (QED) is 0.614. The van der Waals surface area contributed by atoms with Crippen LogP contribution in [-0.2, 0) is 19.0 Å². The van der Waals surface area contributed by atoms with Crippen LogP contribution in [0.15, 0.2) is 0 Å². The molecule has 6 heteroatoms. The molecule has 10 atom stereocenters. The van der Waals surface area contributed by atoms with Gasteiger partial charge in [0.1, 0.15) is 0 Å². The minimum Gasteiger partial charge on any atom is -0.469 e. The van der Waals surface area contributed by atoms with Crippen molar-refractivity contribution in [3.8, 4) is 0 Å². The van der Waals surface area contributed by atoms with Crippen LogP contribution >= 0.6 is 0 Å². The molecule has 5 aliphatic rings. The Balaban J connectivity index is 1.37. The molecule has 4 saturated carbocycles. The number of hydrogen-bond donors (Lipinski definition) is 2. The Morgan fingerprint density at radius 2 is 1.82 bits per heavy atom. The largest absolute Gasteiger partial charge is 0.469 e. The summed E-state index contributed by atoms with van der Waals surface area (Å²) in [6, 6.07) is 0. The normalized spacial score (nSPS) is 49.2. The highest BCUT2D eigenvalue weighted by Crippen LogP contribution is 2.69. The number of methoxy groups -OCH3 is 1. The van der Waals surface area contributed by atoms with Gasteiger partial charge in [-0.3, -0.25) is 4.79 Å². The number of carbonyl (C=O) groups excluding carboxylic acids is 1. The number of aliphatic hydroxyl groups is 2. The van der Waals surface area contributed by atoms with Gasteiger partial charge in [0.2, 0.25) is 0 Å². The molecule has 0 aromatic heterocycles. The van der Waals surface area contributed by atoms with E-state index < -0.39 is 5.79 Å². The number of ether oxygens (including phenoxy) is 3. The van der Waals surface area contributed by atoms with Crippen LogP contribution in [0.3, 0.4) is 0 Å². The van der Waals surface area contributed by atoms with Crippen molar-refractivity contribution in [2.45, 2.75) is 96.6 Å². The first kappa shape index (κ1) is 24.0. The molecule has 10 unspecified atom stereocenters. The van der Waals surface area contributed by atoms with Gasteiger partial charge in [-0.25, -0.2) is 0 Å². The van der Waals surface area contributed by atoms with E-state index in [1.54, 1.807) is 0 Å². The Hall–Kier alpha value is -0.690. The summed E-state index contributed by atoms with van der Waals surface area (Å²) in [5.41, 5.74) is -0.0875. The second-order valence-corrected chi connectivity index (χ2v) is 12.5. The summed E-state index contributed by atoms with van der Waals surface area (Å²) < 4.78 is 17.0. The van der Waals surface area contributed by atoms with Crippen molar-refractivity contribution in [3.05, 3.63) is 0 Å². The minimum absolute atomic E-state index is 0.112. The number of carbonyl (C=O) groups is 1. The Morgan fingerprint density at radius 1 is 1.09 bits per heavy atom. The van der Waals surface area contributed by atoms with Crippen LogP contribution in [0.1, 0.15) is 78.6 Å². The van der Waals surface area contributed by atoms with Gasteiger partial charge in [0.15, 0.2) is 5.79 Å². The summed E-state index contributed by atoms with van der Waals surface area (Å²) in [5.74, 6) is 1.41. The van der Waals surface area contributed by atoms with Crippen molar-refractivity contribution in [1.29, 1.82) is 0 Å². The SMILES string of the molecule is COC(=O)CCC(C)C1CCC2C3C(O)CC4CC5(CCC4(C)C3CC(O)C12C)OCCO5. The molecule has 0 amide bonds. The van der Waals surface area contributed by atoms with Gasteiger partial charge in [-0.05, 0) is 84.9 Å². The molecule has 0 aromatic rings. The van der Waals surface area contributed by atoms with E-state index in [1.165, 1.54) is 7.11 Å². The van der Waals surface area contributed by atoms with Crippen LogP contribution in [0.25, 0.3) is 0 Å². The molecule has 0 bridgehead atoms. The summed E-state index contributed by atoms with van der Waals surface area (Å²) >= 11 is 0. The zero-order valence-corrected chi connectivity index (χ0v) is 20.9. The smallest absolute Gasteiger partial charge is 0.305 e. The predicted molar refractivity (Wildman–Crippen MR) is 123 cm³/mol. The highest BCUT2D eigenvalue weighted by molar-refractivity contribution is 5.69. The van der Waals surface area contributed by atoms with Gasteiger partial charge >= 0.3 is 5.97 Å². The molecule has 1 spiro atoms. The maximum atomic E-state index is 11.7. The Kier molecular flexibility index (Phi) is 6.16. The van der Waals surface area contributed by atoms with Crippen molar-refractivity contribution in [2.24, 2.45) is 46.3 Å². The van der Waals surface area contributed by atoms with Gasteiger partial charge in [0.05, 0.1) is 32.5 Å². The molecule has 1 saturated heterocycles. The van der Waals surface area contributed by atoms with Crippen molar-refractivity contribution in [2.75, 3.05) is 20.3 Å². The summed E-state index contributed by atoms with van der Waals surface area (Å²) in [6.07, 6.45) is 7.10. The lowest BCUT2D eigenvalue weighted by Crippen LogP contribution is -2.63. The monoisotopic (exact) mass is 464 g/mol. The molecular weight excluding hydrogens is 420 g/mol. The lowest BCUT2D eigenvalue weighted by Gasteiger charge is -2.64. The van der Waals surface area contributed by atoms with Crippen LogP contribution in [0, 0.1) is 46.3 Å². The fourth-order valence-electron chi connectivity index (χ4n) is 9.50. The summed E-state index contributed by atoms with van der Waals surface area (Å²) in [6.45, 7) is 8.28. The third-order valence-corrected chi connectivity index (χ3v) is 11.4. The lowest BCUT2D eigenvalue weighted by molar-refractivity contribution is -0.252. The Morgan fingerprint density at radius 3 is 2.52 bits per heavy atom. The fourth-order valence-corrected chi connectivity index (χ4v) is 9.50. The molecule has 4 aliphatic carbocycles.